The van der Waals surface area contributed by atoms with E-state index in [0.29, 0.717) is 17.8 Å². The topological polar surface area (TPSA) is 64.7 Å². The smallest absolute Gasteiger partial charge is 0.404 e. The van der Waals surface area contributed by atoms with Gasteiger partial charge in [0.2, 0.25) is 0 Å². The quantitative estimate of drug-likeness (QED) is 0.735. The Morgan fingerprint density at radius 1 is 1.39 bits per heavy atom. The van der Waals surface area contributed by atoms with E-state index in [0.717, 1.165) is 12.3 Å². The Bertz CT molecular complexity index is 351. The maximum absolute atomic E-state index is 8.97. The van der Waals surface area contributed by atoms with Crippen molar-refractivity contribution in [2.24, 2.45) is 23.0 Å². The number of hydrogen-bond acceptors (Lipinski definition) is 4. The number of hydrogen-bond donors (Lipinski definition) is 2. The molecule has 0 aromatic carbocycles. The molecule has 3 aliphatic carbocycles. The fraction of sp³-hybridized carbons (Fsp3) is 1.00. The molecule has 2 bridgehead atoms. The largest absolute Gasteiger partial charge is 0.475 e. The lowest BCUT2D eigenvalue weighted by atomic mass is 9.43. The molecule has 1 aliphatic heterocycles. The Morgan fingerprint density at radius 3 is 2.72 bits per heavy atom. The summed E-state index contributed by atoms with van der Waals surface area (Å²) in [5.74, 6) is 1.11. The highest BCUT2D eigenvalue weighted by Crippen LogP contribution is 2.65. The highest BCUT2D eigenvalue weighted by Gasteiger charge is 2.68. The van der Waals surface area contributed by atoms with Gasteiger partial charge in [-0.3, -0.25) is 0 Å². The minimum absolute atomic E-state index is 0.0866. The Balaban J connectivity index is 1.76. The van der Waals surface area contributed by atoms with Crippen molar-refractivity contribution in [3.63, 3.8) is 0 Å². The monoisotopic (exact) mass is 253 g/mol. The molecule has 4 rings (SSSR count). The first kappa shape index (κ1) is 12.9. The van der Waals surface area contributed by atoms with Gasteiger partial charge in [-0.1, -0.05) is 13.8 Å². The summed E-state index contributed by atoms with van der Waals surface area (Å²) in [6.45, 7) is 6.96. The maximum atomic E-state index is 8.97. The average molecular weight is 253 g/mol. The van der Waals surface area contributed by atoms with Gasteiger partial charge in [-0.15, -0.1) is 0 Å². The van der Waals surface area contributed by atoms with Gasteiger partial charge < -0.3 is 20.1 Å². The molecule has 1 heterocycles. The lowest BCUT2D eigenvalue weighted by Crippen LogP contribution is -2.65. The third-order valence-corrected chi connectivity index (χ3v) is 5.78. The van der Waals surface area contributed by atoms with Gasteiger partial charge in [0.05, 0.1) is 11.7 Å². The van der Waals surface area contributed by atoms with Crippen LogP contribution in [-0.4, -0.2) is 36.5 Å². The fourth-order valence-electron chi connectivity index (χ4n) is 4.37. The van der Waals surface area contributed by atoms with Crippen LogP contribution in [0.25, 0.3) is 0 Å². The van der Waals surface area contributed by atoms with Crippen molar-refractivity contribution in [3.8, 4) is 0 Å². The molecule has 18 heavy (non-hydrogen) atoms. The van der Waals surface area contributed by atoms with E-state index in [4.69, 9.17) is 20.1 Å². The molecule has 1 unspecified atom stereocenters. The van der Waals surface area contributed by atoms with Crippen molar-refractivity contribution in [2.75, 3.05) is 6.61 Å². The normalized spacial score (nSPS) is 46.5. The van der Waals surface area contributed by atoms with Gasteiger partial charge in [0.15, 0.2) is 0 Å². The SMILES string of the molecule is CC1(C)C2C[C@H]1C[C@H]1OB([C@@H](N)CCO)O[C@@]21C. The van der Waals surface area contributed by atoms with Crippen LogP contribution in [-0.2, 0) is 9.31 Å². The highest BCUT2D eigenvalue weighted by atomic mass is 16.7. The summed E-state index contributed by atoms with van der Waals surface area (Å²) in [6, 6.07) is 0. The van der Waals surface area contributed by atoms with Crippen LogP contribution in [0.2, 0.25) is 0 Å². The zero-order valence-electron chi connectivity index (χ0n) is 11.6. The fourth-order valence-corrected chi connectivity index (χ4v) is 4.37. The van der Waals surface area contributed by atoms with E-state index in [1.807, 2.05) is 0 Å². The third-order valence-electron chi connectivity index (χ3n) is 5.78. The summed E-state index contributed by atoms with van der Waals surface area (Å²) in [6.07, 6.45) is 3.06. The van der Waals surface area contributed by atoms with Gasteiger partial charge >= 0.3 is 7.12 Å². The van der Waals surface area contributed by atoms with Crippen LogP contribution < -0.4 is 5.73 Å². The molecule has 4 nitrogen and oxygen atoms in total. The zero-order valence-corrected chi connectivity index (χ0v) is 11.6. The Hall–Kier alpha value is -0.0951. The number of aliphatic hydroxyl groups is 1. The molecule has 0 aromatic rings. The third kappa shape index (κ3) is 1.54. The van der Waals surface area contributed by atoms with Gasteiger partial charge in [-0.25, -0.2) is 0 Å². The van der Waals surface area contributed by atoms with Crippen LogP contribution in [0.1, 0.15) is 40.0 Å². The van der Waals surface area contributed by atoms with E-state index < -0.39 is 0 Å². The summed E-state index contributed by atoms with van der Waals surface area (Å²) in [7, 11) is -0.345. The van der Waals surface area contributed by atoms with Crippen LogP contribution >= 0.6 is 0 Å². The Labute approximate surface area is 109 Å². The maximum Gasteiger partial charge on any atom is 0.475 e. The van der Waals surface area contributed by atoms with E-state index in [-0.39, 0.29) is 31.4 Å². The van der Waals surface area contributed by atoms with Crippen LogP contribution in [0.3, 0.4) is 0 Å². The molecular formula is C13H24BNO3. The first-order valence-corrected chi connectivity index (χ1v) is 7.09. The number of aliphatic hydroxyl groups excluding tert-OH is 1. The molecule has 4 fully saturated rings. The van der Waals surface area contributed by atoms with Gasteiger partial charge in [0, 0.05) is 12.5 Å². The van der Waals surface area contributed by atoms with E-state index in [1.54, 1.807) is 0 Å². The second-order valence-electron chi connectivity index (χ2n) is 7.01. The van der Waals surface area contributed by atoms with E-state index in [2.05, 4.69) is 20.8 Å². The van der Waals surface area contributed by atoms with Crippen molar-refractivity contribution >= 4 is 7.12 Å². The van der Waals surface area contributed by atoms with E-state index in [1.165, 1.54) is 6.42 Å². The molecule has 0 spiro atoms. The Kier molecular flexibility index (Phi) is 2.83. The number of rotatable bonds is 3. The number of nitrogens with two attached hydrogens (primary N) is 1. The minimum atomic E-state index is -0.345. The van der Waals surface area contributed by atoms with Crippen molar-refractivity contribution in [1.29, 1.82) is 0 Å². The standard InChI is InChI=1S/C13H24BNO3/c1-12(2)8-6-9(12)13(3)10(7-8)17-14(18-13)11(15)4-5-16/h8-11,16H,4-7,15H2,1-3H3/t8-,9?,10+,11-,13-/m0/s1. The molecular weight excluding hydrogens is 229 g/mol. The highest BCUT2D eigenvalue weighted by molar-refractivity contribution is 6.47. The second-order valence-corrected chi connectivity index (χ2v) is 7.01. The van der Waals surface area contributed by atoms with Crippen LogP contribution in [0.5, 0.6) is 0 Å². The average Bonchev–Trinajstić information content (AvgIpc) is 2.65. The second kappa shape index (κ2) is 3.95. The van der Waals surface area contributed by atoms with Gasteiger partial charge in [-0.2, -0.15) is 0 Å². The summed E-state index contributed by atoms with van der Waals surface area (Å²) < 4.78 is 12.2. The van der Waals surface area contributed by atoms with Crippen molar-refractivity contribution in [3.05, 3.63) is 0 Å². The molecule has 4 aliphatic rings. The molecule has 0 aromatic heterocycles. The molecule has 102 valence electrons. The van der Waals surface area contributed by atoms with Crippen molar-refractivity contribution < 1.29 is 14.4 Å². The molecule has 3 N–H and O–H groups in total. The van der Waals surface area contributed by atoms with Crippen LogP contribution in [0.4, 0.5) is 0 Å². The van der Waals surface area contributed by atoms with Crippen LogP contribution in [0.15, 0.2) is 0 Å². The summed E-state index contributed by atoms with van der Waals surface area (Å²) >= 11 is 0. The summed E-state index contributed by atoms with van der Waals surface area (Å²) in [5, 5.41) is 8.97. The molecule has 1 saturated heterocycles. The van der Waals surface area contributed by atoms with Gasteiger partial charge in [0.25, 0.3) is 0 Å². The molecule has 0 amide bonds. The molecule has 5 atom stereocenters. The minimum Gasteiger partial charge on any atom is -0.404 e. The molecule has 0 radical (unpaired) electrons. The predicted molar refractivity (Wildman–Crippen MR) is 69.8 cm³/mol. The van der Waals surface area contributed by atoms with Crippen molar-refractivity contribution in [2.45, 2.75) is 57.7 Å². The van der Waals surface area contributed by atoms with E-state index in [9.17, 15) is 0 Å². The predicted octanol–water partition coefficient (Wildman–Crippen LogP) is 0.964. The van der Waals surface area contributed by atoms with Gasteiger partial charge in [0.1, 0.15) is 0 Å². The van der Waals surface area contributed by atoms with Crippen molar-refractivity contribution in [1.82, 2.24) is 0 Å². The Morgan fingerprint density at radius 2 is 2.11 bits per heavy atom. The molecule has 3 saturated carbocycles. The van der Waals surface area contributed by atoms with Crippen LogP contribution in [0, 0.1) is 17.3 Å². The van der Waals surface area contributed by atoms with Gasteiger partial charge in [-0.05, 0) is 43.4 Å². The lowest BCUT2D eigenvalue weighted by Gasteiger charge is -2.64. The lowest BCUT2D eigenvalue weighted by molar-refractivity contribution is -0.199. The summed E-state index contributed by atoms with van der Waals surface area (Å²) in [5.41, 5.74) is 6.20. The first-order chi connectivity index (χ1) is 8.39. The summed E-state index contributed by atoms with van der Waals surface area (Å²) in [4.78, 5) is 0. The zero-order chi connectivity index (χ0) is 13.1. The van der Waals surface area contributed by atoms with E-state index >= 15 is 0 Å². The first-order valence-electron chi connectivity index (χ1n) is 7.09. The molecule has 5 heteroatoms.